The van der Waals surface area contributed by atoms with Crippen LogP contribution in [0.2, 0.25) is 0 Å². The lowest BCUT2D eigenvalue weighted by Crippen LogP contribution is -2.52. The van der Waals surface area contributed by atoms with Gasteiger partial charge in [-0.15, -0.1) is 11.3 Å². The zero-order chi connectivity index (χ0) is 22.5. The van der Waals surface area contributed by atoms with E-state index in [2.05, 4.69) is 17.4 Å². The maximum atomic E-state index is 13.3. The summed E-state index contributed by atoms with van der Waals surface area (Å²) in [7, 11) is -3.49. The van der Waals surface area contributed by atoms with Crippen LogP contribution < -0.4 is 5.32 Å². The predicted octanol–water partition coefficient (Wildman–Crippen LogP) is 1.97. The summed E-state index contributed by atoms with van der Waals surface area (Å²) in [5.74, 6) is -0.269. The van der Waals surface area contributed by atoms with Gasteiger partial charge < -0.3 is 5.32 Å². The molecule has 1 aromatic heterocycles. The number of carbonyl (C=O) groups excluding carboxylic acids is 2. The first kappa shape index (κ1) is 21.6. The minimum atomic E-state index is -3.49. The molecule has 3 aliphatic rings. The molecule has 1 N–H and O–H groups in total. The minimum Gasteiger partial charge on any atom is -0.319 e. The van der Waals surface area contributed by atoms with E-state index in [1.807, 2.05) is 11.0 Å². The van der Waals surface area contributed by atoms with Crippen molar-refractivity contribution < 1.29 is 18.0 Å². The third kappa shape index (κ3) is 3.55. The van der Waals surface area contributed by atoms with Crippen LogP contribution in [0.3, 0.4) is 0 Å². The van der Waals surface area contributed by atoms with Crippen molar-refractivity contribution in [3.8, 4) is 0 Å². The molecule has 0 radical (unpaired) electrons. The Morgan fingerprint density at radius 1 is 1.06 bits per heavy atom. The van der Waals surface area contributed by atoms with Gasteiger partial charge in [-0.05, 0) is 54.3 Å². The highest BCUT2D eigenvalue weighted by atomic mass is 32.2. The molecule has 2 aromatic rings. The molecule has 10 heteroatoms. The highest BCUT2D eigenvalue weighted by Crippen LogP contribution is 2.33. The zero-order valence-corrected chi connectivity index (χ0v) is 19.5. The summed E-state index contributed by atoms with van der Waals surface area (Å²) >= 11 is 1.21. The van der Waals surface area contributed by atoms with Crippen LogP contribution in [0.5, 0.6) is 0 Å². The van der Waals surface area contributed by atoms with E-state index in [9.17, 15) is 18.0 Å². The number of aryl methyl sites for hydroxylation is 2. The molecule has 0 bridgehead atoms. The second-order valence-electron chi connectivity index (χ2n) is 8.72. The SMILES string of the molecule is C[C@]1(c2ccc3c(c2)CCC3)NC(=O)N(CN2CCN(S(=O)(=O)c3cccs3)CC2)C1=O. The lowest BCUT2D eigenvalue weighted by Gasteiger charge is -2.35. The van der Waals surface area contributed by atoms with E-state index in [4.69, 9.17) is 0 Å². The Morgan fingerprint density at radius 2 is 1.81 bits per heavy atom. The number of sulfonamides is 1. The zero-order valence-electron chi connectivity index (χ0n) is 17.9. The fraction of sp³-hybridized carbons (Fsp3) is 0.455. The number of carbonyl (C=O) groups is 2. The molecule has 0 saturated carbocycles. The number of piperazine rings is 1. The van der Waals surface area contributed by atoms with Gasteiger partial charge in [0.25, 0.3) is 15.9 Å². The number of hydrogen-bond donors (Lipinski definition) is 1. The van der Waals surface area contributed by atoms with Crippen molar-refractivity contribution >= 4 is 33.3 Å². The maximum Gasteiger partial charge on any atom is 0.326 e. The maximum absolute atomic E-state index is 13.3. The molecule has 5 rings (SSSR count). The quantitative estimate of drug-likeness (QED) is 0.670. The van der Waals surface area contributed by atoms with Crippen LogP contribution in [0, 0.1) is 0 Å². The number of nitrogens with one attached hydrogen (secondary N) is 1. The molecule has 1 atom stereocenters. The van der Waals surface area contributed by atoms with Crippen molar-refractivity contribution in [1.82, 2.24) is 19.4 Å². The van der Waals surface area contributed by atoms with Crippen LogP contribution in [-0.2, 0) is 33.2 Å². The van der Waals surface area contributed by atoms with Crippen LogP contribution in [0.15, 0.2) is 39.9 Å². The summed E-state index contributed by atoms with van der Waals surface area (Å²) in [4.78, 5) is 29.2. The van der Waals surface area contributed by atoms with Crippen LogP contribution in [0.1, 0.15) is 30.0 Å². The van der Waals surface area contributed by atoms with Gasteiger partial charge in [0.2, 0.25) is 0 Å². The average molecular weight is 475 g/mol. The Hall–Kier alpha value is -2.27. The number of fused-ring (bicyclic) bond motifs is 1. The summed E-state index contributed by atoms with van der Waals surface area (Å²) in [6.45, 7) is 3.47. The second-order valence-corrected chi connectivity index (χ2v) is 11.8. The molecule has 32 heavy (non-hydrogen) atoms. The first-order valence-corrected chi connectivity index (χ1v) is 13.1. The summed E-state index contributed by atoms with van der Waals surface area (Å²) in [6, 6.07) is 8.99. The number of urea groups is 1. The minimum absolute atomic E-state index is 0.151. The molecule has 3 heterocycles. The predicted molar refractivity (Wildman–Crippen MR) is 121 cm³/mol. The number of thiophene rings is 1. The van der Waals surface area contributed by atoms with E-state index >= 15 is 0 Å². The standard InChI is InChI=1S/C22H26N4O4S2/c1-22(18-8-7-16-4-2-5-17(16)14-18)20(27)26(21(28)23-22)15-24-9-11-25(12-10-24)32(29,30)19-6-3-13-31-19/h3,6-8,13-14H,2,4-5,9-12,15H2,1H3,(H,23,28)/t22-/m1/s1. The number of imide groups is 1. The smallest absolute Gasteiger partial charge is 0.319 e. The topological polar surface area (TPSA) is 90.0 Å². The van der Waals surface area contributed by atoms with Crippen molar-refractivity contribution in [2.45, 2.75) is 35.9 Å². The summed E-state index contributed by atoms with van der Waals surface area (Å²) in [5, 5.41) is 4.63. The highest BCUT2D eigenvalue weighted by molar-refractivity contribution is 7.91. The lowest BCUT2D eigenvalue weighted by molar-refractivity contribution is -0.132. The normalized spacial score (nSPS) is 24.7. The molecular weight excluding hydrogens is 448 g/mol. The summed E-state index contributed by atoms with van der Waals surface area (Å²) in [6.07, 6.45) is 3.19. The number of amides is 3. The first-order chi connectivity index (χ1) is 15.3. The summed E-state index contributed by atoms with van der Waals surface area (Å²) < 4.78 is 27.2. The largest absolute Gasteiger partial charge is 0.326 e. The van der Waals surface area contributed by atoms with E-state index < -0.39 is 21.6 Å². The second kappa shape index (κ2) is 7.95. The Bertz CT molecular complexity index is 1160. The molecule has 1 aromatic carbocycles. The highest BCUT2D eigenvalue weighted by Gasteiger charge is 2.49. The van der Waals surface area contributed by atoms with E-state index in [-0.39, 0.29) is 12.6 Å². The van der Waals surface area contributed by atoms with Crippen LogP contribution in [-0.4, -0.2) is 67.3 Å². The molecule has 2 saturated heterocycles. The Balaban J connectivity index is 1.26. The molecular formula is C22H26N4O4S2. The van der Waals surface area contributed by atoms with Crippen molar-refractivity contribution in [2.75, 3.05) is 32.8 Å². The Labute approximate surface area is 191 Å². The fourth-order valence-corrected chi connectivity index (χ4v) is 7.32. The molecule has 2 fully saturated rings. The first-order valence-electron chi connectivity index (χ1n) is 10.8. The van der Waals surface area contributed by atoms with Crippen molar-refractivity contribution in [3.05, 3.63) is 52.4 Å². The van der Waals surface area contributed by atoms with Crippen molar-refractivity contribution in [2.24, 2.45) is 0 Å². The van der Waals surface area contributed by atoms with Crippen LogP contribution in [0.4, 0.5) is 4.79 Å². The Kier molecular flexibility index (Phi) is 5.36. The van der Waals surface area contributed by atoms with Crippen LogP contribution >= 0.6 is 11.3 Å². The average Bonchev–Trinajstić information content (AvgIpc) is 3.52. The van der Waals surface area contributed by atoms with Gasteiger partial charge in [0.05, 0.1) is 6.67 Å². The van der Waals surface area contributed by atoms with Gasteiger partial charge in [0, 0.05) is 26.2 Å². The van der Waals surface area contributed by atoms with Gasteiger partial charge in [0.15, 0.2) is 0 Å². The van der Waals surface area contributed by atoms with Crippen molar-refractivity contribution in [1.29, 1.82) is 0 Å². The Morgan fingerprint density at radius 3 is 2.53 bits per heavy atom. The van der Waals surface area contributed by atoms with E-state index in [0.29, 0.717) is 30.4 Å². The molecule has 0 unspecified atom stereocenters. The van der Waals surface area contributed by atoms with Crippen LogP contribution in [0.25, 0.3) is 0 Å². The molecule has 0 spiro atoms. The summed E-state index contributed by atoms with van der Waals surface area (Å²) in [5.41, 5.74) is 2.30. The third-order valence-electron chi connectivity index (χ3n) is 6.71. The molecule has 170 valence electrons. The number of benzene rings is 1. The van der Waals surface area contributed by atoms with E-state index in [0.717, 1.165) is 24.8 Å². The molecule has 1 aliphatic carbocycles. The monoisotopic (exact) mass is 474 g/mol. The van der Waals surface area contributed by atoms with Gasteiger partial charge in [-0.3, -0.25) is 9.69 Å². The fourth-order valence-electron chi connectivity index (χ4n) is 4.75. The van der Waals surface area contributed by atoms with Gasteiger partial charge in [-0.25, -0.2) is 18.1 Å². The van der Waals surface area contributed by atoms with E-state index in [1.54, 1.807) is 24.4 Å². The van der Waals surface area contributed by atoms with Gasteiger partial charge in [-0.2, -0.15) is 4.31 Å². The molecule has 8 nitrogen and oxygen atoms in total. The number of nitrogens with zero attached hydrogens (tertiary/aromatic N) is 3. The number of hydrogen-bond acceptors (Lipinski definition) is 6. The number of rotatable bonds is 5. The van der Waals surface area contributed by atoms with E-state index in [1.165, 1.54) is 31.7 Å². The van der Waals surface area contributed by atoms with Crippen molar-refractivity contribution in [3.63, 3.8) is 0 Å². The van der Waals surface area contributed by atoms with Gasteiger partial charge in [0.1, 0.15) is 9.75 Å². The van der Waals surface area contributed by atoms with Gasteiger partial charge >= 0.3 is 6.03 Å². The molecule has 2 aliphatic heterocycles. The van der Waals surface area contributed by atoms with Gasteiger partial charge in [-0.1, -0.05) is 24.3 Å². The lowest BCUT2D eigenvalue weighted by atomic mass is 9.90. The third-order valence-corrected chi connectivity index (χ3v) is 9.98. The molecule has 3 amide bonds.